The van der Waals surface area contributed by atoms with Gasteiger partial charge in [-0.15, -0.1) is 0 Å². The Bertz CT molecular complexity index is 1010. The molecular weight excluding hydrogens is 332 g/mol. The third-order valence-electron chi connectivity index (χ3n) is 4.60. The summed E-state index contributed by atoms with van der Waals surface area (Å²) in [6, 6.07) is 29.8. The lowest BCUT2D eigenvalue weighted by Crippen LogP contribution is -2.10. The molecule has 1 aliphatic rings. The van der Waals surface area contributed by atoms with Crippen molar-refractivity contribution < 1.29 is 0 Å². The molecule has 0 spiro atoms. The summed E-state index contributed by atoms with van der Waals surface area (Å²) in [5.74, 6) is 0.142. The van der Waals surface area contributed by atoms with E-state index in [1.165, 1.54) is 5.56 Å². The zero-order valence-electron chi connectivity index (χ0n) is 14.7. The highest BCUT2D eigenvalue weighted by molar-refractivity contribution is 5.71. The molecule has 0 aromatic heterocycles. The van der Waals surface area contributed by atoms with Crippen molar-refractivity contribution in [1.29, 1.82) is 5.26 Å². The molecule has 1 unspecified atom stereocenters. The molecule has 1 aliphatic heterocycles. The van der Waals surface area contributed by atoms with E-state index in [9.17, 15) is 0 Å². The van der Waals surface area contributed by atoms with Crippen molar-refractivity contribution in [3.8, 4) is 6.07 Å². The zero-order valence-corrected chi connectivity index (χ0v) is 14.7. The van der Waals surface area contributed by atoms with Crippen molar-refractivity contribution >= 4 is 11.4 Å². The van der Waals surface area contributed by atoms with Gasteiger partial charge in [0.1, 0.15) is 0 Å². The predicted octanol–water partition coefficient (Wildman–Crippen LogP) is 5.40. The number of hydrogen-bond donors (Lipinski definition) is 1. The highest BCUT2D eigenvalue weighted by Crippen LogP contribution is 2.36. The Balaban J connectivity index is 1.74. The number of nitrogens with zero attached hydrogens (tertiary/aromatic N) is 3. The Labute approximate surface area is 158 Å². The lowest BCUT2D eigenvalue weighted by molar-refractivity contribution is 0.779. The Morgan fingerprint density at radius 3 is 2.15 bits per heavy atom. The lowest BCUT2D eigenvalue weighted by atomic mass is 9.96. The predicted molar refractivity (Wildman–Crippen MR) is 106 cm³/mol. The van der Waals surface area contributed by atoms with Crippen LogP contribution in [-0.4, -0.2) is 6.54 Å². The minimum Gasteiger partial charge on any atom is -0.382 e. The van der Waals surface area contributed by atoms with Crippen LogP contribution < -0.4 is 5.32 Å². The maximum absolute atomic E-state index is 8.93. The van der Waals surface area contributed by atoms with Crippen LogP contribution in [0, 0.1) is 11.3 Å². The van der Waals surface area contributed by atoms with Crippen LogP contribution in [0.15, 0.2) is 101 Å². The van der Waals surface area contributed by atoms with Crippen molar-refractivity contribution in [3.05, 3.63) is 107 Å². The first-order chi connectivity index (χ1) is 13.3. The zero-order chi connectivity index (χ0) is 18.5. The van der Waals surface area contributed by atoms with E-state index in [4.69, 9.17) is 5.26 Å². The second kappa shape index (κ2) is 7.67. The average molecular weight is 350 g/mol. The van der Waals surface area contributed by atoms with Crippen LogP contribution in [0.4, 0.5) is 5.69 Å². The van der Waals surface area contributed by atoms with Crippen molar-refractivity contribution in [3.63, 3.8) is 0 Å². The fraction of sp³-hybridized carbons (Fsp3) is 0.0870. The molecular formula is C23H18N4. The summed E-state index contributed by atoms with van der Waals surface area (Å²) in [5.41, 5.74) is 5.60. The molecule has 1 atom stereocenters. The number of benzene rings is 3. The summed E-state index contributed by atoms with van der Waals surface area (Å²) in [5, 5.41) is 21.5. The van der Waals surface area contributed by atoms with Gasteiger partial charge < -0.3 is 5.32 Å². The van der Waals surface area contributed by atoms with Gasteiger partial charge in [-0.05, 0) is 35.4 Å². The van der Waals surface area contributed by atoms with E-state index in [2.05, 4.69) is 45.9 Å². The van der Waals surface area contributed by atoms with E-state index in [0.717, 1.165) is 29.2 Å². The fourth-order valence-electron chi connectivity index (χ4n) is 3.22. The van der Waals surface area contributed by atoms with E-state index in [0.29, 0.717) is 5.56 Å². The highest BCUT2D eigenvalue weighted by Gasteiger charge is 2.27. The van der Waals surface area contributed by atoms with Gasteiger partial charge >= 0.3 is 0 Å². The van der Waals surface area contributed by atoms with Crippen molar-refractivity contribution in [1.82, 2.24) is 5.32 Å². The van der Waals surface area contributed by atoms with Gasteiger partial charge in [-0.25, -0.2) is 0 Å². The van der Waals surface area contributed by atoms with Gasteiger partial charge in [-0.2, -0.15) is 15.5 Å². The van der Waals surface area contributed by atoms with E-state index in [1.807, 2.05) is 48.5 Å². The molecule has 0 saturated heterocycles. The van der Waals surface area contributed by atoms with Crippen LogP contribution in [0.5, 0.6) is 0 Å². The van der Waals surface area contributed by atoms with E-state index in [1.54, 1.807) is 12.1 Å². The first-order valence-corrected chi connectivity index (χ1v) is 8.85. The molecule has 1 N–H and O–H groups in total. The Hall–Kier alpha value is -3.71. The molecule has 0 bridgehead atoms. The summed E-state index contributed by atoms with van der Waals surface area (Å²) < 4.78 is 0. The Morgan fingerprint density at radius 1 is 0.815 bits per heavy atom. The first kappa shape index (κ1) is 16.7. The number of nitriles is 1. The maximum atomic E-state index is 8.93. The van der Waals surface area contributed by atoms with Crippen LogP contribution in [0.1, 0.15) is 22.6 Å². The van der Waals surface area contributed by atoms with Gasteiger partial charge in [-0.1, -0.05) is 60.7 Å². The second-order valence-corrected chi connectivity index (χ2v) is 6.33. The molecule has 4 nitrogen and oxygen atoms in total. The normalized spacial score (nSPS) is 16.3. The van der Waals surface area contributed by atoms with Crippen LogP contribution in [0.25, 0.3) is 5.70 Å². The fourth-order valence-corrected chi connectivity index (χ4v) is 3.22. The van der Waals surface area contributed by atoms with E-state index < -0.39 is 0 Å². The standard InChI is InChI=1S/C23H18N4/c24-15-17-11-13-20(14-12-17)26-27-23-21(18-7-3-1-4-8-18)16-25-22(23)19-9-5-2-6-10-19/h1-14,21,25H,16H2. The molecule has 0 amide bonds. The molecule has 4 rings (SSSR count). The van der Waals surface area contributed by atoms with Crippen LogP contribution >= 0.6 is 0 Å². The number of hydrogen-bond acceptors (Lipinski definition) is 4. The quantitative estimate of drug-likeness (QED) is 0.641. The molecule has 4 heteroatoms. The summed E-state index contributed by atoms with van der Waals surface area (Å²) in [7, 11) is 0. The molecule has 0 aliphatic carbocycles. The smallest absolute Gasteiger partial charge is 0.0991 e. The number of rotatable bonds is 4. The summed E-state index contributed by atoms with van der Waals surface area (Å²) >= 11 is 0. The number of nitrogens with one attached hydrogen (secondary N) is 1. The molecule has 0 saturated carbocycles. The van der Waals surface area contributed by atoms with Crippen molar-refractivity contribution in [2.45, 2.75) is 5.92 Å². The van der Waals surface area contributed by atoms with Crippen LogP contribution in [-0.2, 0) is 0 Å². The molecule has 0 radical (unpaired) electrons. The second-order valence-electron chi connectivity index (χ2n) is 6.33. The van der Waals surface area contributed by atoms with Gasteiger partial charge in [-0.3, -0.25) is 0 Å². The van der Waals surface area contributed by atoms with E-state index in [-0.39, 0.29) is 5.92 Å². The van der Waals surface area contributed by atoms with Crippen LogP contribution in [0.3, 0.4) is 0 Å². The summed E-state index contributed by atoms with van der Waals surface area (Å²) in [4.78, 5) is 0. The van der Waals surface area contributed by atoms with Gasteiger partial charge in [0.05, 0.1) is 28.7 Å². The molecule has 130 valence electrons. The lowest BCUT2D eigenvalue weighted by Gasteiger charge is -2.10. The van der Waals surface area contributed by atoms with Gasteiger partial charge in [0.2, 0.25) is 0 Å². The van der Waals surface area contributed by atoms with Gasteiger partial charge in [0.25, 0.3) is 0 Å². The SMILES string of the molecule is N#Cc1ccc(N=NC2=C(c3ccccc3)NCC2c2ccccc2)cc1. The Morgan fingerprint density at radius 2 is 1.48 bits per heavy atom. The molecule has 1 heterocycles. The first-order valence-electron chi connectivity index (χ1n) is 8.85. The van der Waals surface area contributed by atoms with Crippen molar-refractivity contribution in [2.24, 2.45) is 10.2 Å². The Kier molecular flexibility index (Phi) is 4.76. The highest BCUT2D eigenvalue weighted by atomic mass is 15.1. The largest absolute Gasteiger partial charge is 0.382 e. The molecule has 0 fully saturated rings. The monoisotopic (exact) mass is 350 g/mol. The average Bonchev–Trinajstić information content (AvgIpc) is 3.18. The summed E-state index contributed by atoms with van der Waals surface area (Å²) in [6.45, 7) is 0.788. The molecule has 3 aromatic rings. The number of azo groups is 1. The van der Waals surface area contributed by atoms with Gasteiger partial charge in [0, 0.05) is 12.5 Å². The third-order valence-corrected chi connectivity index (χ3v) is 4.60. The third kappa shape index (κ3) is 3.63. The maximum Gasteiger partial charge on any atom is 0.0991 e. The minimum absolute atomic E-state index is 0.142. The van der Waals surface area contributed by atoms with Crippen molar-refractivity contribution in [2.75, 3.05) is 6.54 Å². The molecule has 3 aromatic carbocycles. The minimum atomic E-state index is 0.142. The molecule has 27 heavy (non-hydrogen) atoms. The van der Waals surface area contributed by atoms with E-state index >= 15 is 0 Å². The topological polar surface area (TPSA) is 60.5 Å². The summed E-state index contributed by atoms with van der Waals surface area (Å²) in [6.07, 6.45) is 0. The van der Waals surface area contributed by atoms with Crippen LogP contribution in [0.2, 0.25) is 0 Å². The van der Waals surface area contributed by atoms with Gasteiger partial charge in [0.15, 0.2) is 0 Å².